The van der Waals surface area contributed by atoms with E-state index in [9.17, 15) is 18.0 Å². The normalized spacial score (nSPS) is 20.1. The minimum Gasteiger partial charge on any atom is -0.486 e. The first kappa shape index (κ1) is 22.7. The molecular weight excluding hydrogens is 458 g/mol. The van der Waals surface area contributed by atoms with Crippen molar-refractivity contribution < 1.29 is 27.5 Å². The van der Waals surface area contributed by atoms with Gasteiger partial charge in [0.15, 0.2) is 11.5 Å². The molecule has 1 saturated carbocycles. The molecular formula is C24H27N3O6S. The molecule has 9 nitrogen and oxygen atoms in total. The summed E-state index contributed by atoms with van der Waals surface area (Å²) in [6.45, 7) is 1.29. The van der Waals surface area contributed by atoms with Gasteiger partial charge >= 0.3 is 0 Å². The van der Waals surface area contributed by atoms with Gasteiger partial charge in [-0.1, -0.05) is 12.1 Å². The topological polar surface area (TPSA) is 114 Å². The van der Waals surface area contributed by atoms with Crippen LogP contribution in [0.3, 0.4) is 0 Å². The molecule has 1 saturated heterocycles. The number of hydrogen-bond donors (Lipinski definition) is 2. The Kier molecular flexibility index (Phi) is 6.18. The number of benzene rings is 2. The number of hydrogen-bond acceptors (Lipinski definition) is 6. The van der Waals surface area contributed by atoms with Crippen molar-refractivity contribution in [1.29, 1.82) is 0 Å². The van der Waals surface area contributed by atoms with E-state index in [4.69, 9.17) is 9.47 Å². The van der Waals surface area contributed by atoms with E-state index in [1.54, 1.807) is 6.07 Å². The van der Waals surface area contributed by atoms with Crippen molar-refractivity contribution in [3.63, 3.8) is 0 Å². The second kappa shape index (κ2) is 9.27. The van der Waals surface area contributed by atoms with Gasteiger partial charge < -0.3 is 20.1 Å². The Balaban J connectivity index is 1.25. The van der Waals surface area contributed by atoms with E-state index in [0.717, 1.165) is 18.4 Å². The molecule has 34 heavy (non-hydrogen) atoms. The van der Waals surface area contributed by atoms with Gasteiger partial charge in [-0.25, -0.2) is 8.42 Å². The van der Waals surface area contributed by atoms with Gasteiger partial charge in [-0.05, 0) is 55.5 Å². The van der Waals surface area contributed by atoms with Crippen LogP contribution in [0.5, 0.6) is 11.5 Å². The lowest BCUT2D eigenvalue weighted by Crippen LogP contribution is -2.45. The highest BCUT2D eigenvalue weighted by Crippen LogP contribution is 2.35. The van der Waals surface area contributed by atoms with E-state index in [-0.39, 0.29) is 35.7 Å². The lowest BCUT2D eigenvalue weighted by molar-refractivity contribution is -0.124. The van der Waals surface area contributed by atoms with Crippen LogP contribution < -0.4 is 20.1 Å². The summed E-state index contributed by atoms with van der Waals surface area (Å²) in [4.78, 5) is 25.0. The molecule has 1 unspecified atom stereocenters. The number of carbonyl (C=O) groups is 2. The number of sulfonamides is 1. The van der Waals surface area contributed by atoms with E-state index in [0.29, 0.717) is 43.2 Å². The Hall–Kier alpha value is -3.11. The maximum Gasteiger partial charge on any atom is 0.243 e. The van der Waals surface area contributed by atoms with Gasteiger partial charge in [-0.2, -0.15) is 4.31 Å². The fraction of sp³-hybridized carbons (Fsp3) is 0.417. The maximum atomic E-state index is 13.3. The minimum atomic E-state index is -3.88. The van der Waals surface area contributed by atoms with E-state index in [1.165, 1.54) is 16.4 Å². The van der Waals surface area contributed by atoms with Crippen LogP contribution in [0.25, 0.3) is 0 Å². The number of carbonyl (C=O) groups excluding carboxylic acids is 2. The molecule has 3 aliphatic rings. The van der Waals surface area contributed by atoms with Crippen molar-refractivity contribution in [3.05, 3.63) is 48.0 Å². The molecule has 0 radical (unpaired) electrons. The Labute approximate surface area is 198 Å². The molecule has 2 N–H and O–H groups in total. The Bertz CT molecular complexity index is 1210. The molecule has 5 rings (SSSR count). The van der Waals surface area contributed by atoms with Crippen LogP contribution in [0.15, 0.2) is 47.4 Å². The molecule has 2 fully saturated rings. The van der Waals surface area contributed by atoms with Crippen LogP contribution in [-0.4, -0.2) is 50.3 Å². The molecule has 0 spiro atoms. The highest BCUT2D eigenvalue weighted by Gasteiger charge is 2.39. The van der Waals surface area contributed by atoms with Crippen molar-refractivity contribution in [3.8, 4) is 11.5 Å². The lowest BCUT2D eigenvalue weighted by atomic mass is 10.1. The van der Waals surface area contributed by atoms with E-state index in [1.807, 2.05) is 24.3 Å². The van der Waals surface area contributed by atoms with Crippen LogP contribution in [0.2, 0.25) is 0 Å². The molecule has 0 aromatic heterocycles. The Morgan fingerprint density at radius 1 is 0.971 bits per heavy atom. The number of anilines is 1. The van der Waals surface area contributed by atoms with E-state index < -0.39 is 16.1 Å². The first-order chi connectivity index (χ1) is 16.4. The van der Waals surface area contributed by atoms with Crippen molar-refractivity contribution >= 4 is 27.5 Å². The molecule has 2 heterocycles. The van der Waals surface area contributed by atoms with Crippen LogP contribution in [0.4, 0.5) is 5.69 Å². The number of nitrogens with zero attached hydrogens (tertiary/aromatic N) is 1. The van der Waals surface area contributed by atoms with Gasteiger partial charge in [0.1, 0.15) is 19.3 Å². The summed E-state index contributed by atoms with van der Waals surface area (Å²) < 4.78 is 38.9. The molecule has 2 aromatic rings. The molecule has 2 amide bonds. The third kappa shape index (κ3) is 4.74. The molecule has 10 heteroatoms. The number of fused-ring (bicyclic) bond motifs is 1. The van der Waals surface area contributed by atoms with Gasteiger partial charge in [0.05, 0.1) is 4.90 Å². The first-order valence-electron chi connectivity index (χ1n) is 11.5. The number of rotatable bonds is 7. The van der Waals surface area contributed by atoms with Gasteiger partial charge in [-0.15, -0.1) is 0 Å². The smallest absolute Gasteiger partial charge is 0.243 e. The SMILES string of the molecule is O=C(Nc1cccc(CNC(=O)C2CCCN2S(=O)(=O)c2ccc3c(c2)OCCO3)c1)C1CC1. The third-order valence-electron chi connectivity index (χ3n) is 6.24. The van der Waals surface area contributed by atoms with Crippen LogP contribution in [0, 0.1) is 5.92 Å². The largest absolute Gasteiger partial charge is 0.486 e. The zero-order valence-corrected chi connectivity index (χ0v) is 19.5. The summed E-state index contributed by atoms with van der Waals surface area (Å²) in [6.07, 6.45) is 2.90. The number of nitrogens with one attached hydrogen (secondary N) is 2. The van der Waals surface area contributed by atoms with Crippen molar-refractivity contribution in [1.82, 2.24) is 9.62 Å². The fourth-order valence-corrected chi connectivity index (χ4v) is 5.94. The molecule has 0 bridgehead atoms. The Morgan fingerprint density at radius 3 is 2.56 bits per heavy atom. The molecule has 2 aliphatic heterocycles. The minimum absolute atomic E-state index is 0.0205. The third-order valence-corrected chi connectivity index (χ3v) is 8.14. The van der Waals surface area contributed by atoms with E-state index in [2.05, 4.69) is 10.6 Å². The fourth-order valence-electron chi connectivity index (χ4n) is 4.27. The summed E-state index contributed by atoms with van der Waals surface area (Å²) in [5.41, 5.74) is 1.51. The highest BCUT2D eigenvalue weighted by molar-refractivity contribution is 7.89. The summed E-state index contributed by atoms with van der Waals surface area (Å²) in [6, 6.07) is 11.0. The zero-order chi connectivity index (χ0) is 23.7. The maximum absolute atomic E-state index is 13.3. The average molecular weight is 486 g/mol. The zero-order valence-electron chi connectivity index (χ0n) is 18.7. The molecule has 2 aromatic carbocycles. The van der Waals surface area contributed by atoms with Crippen molar-refractivity contribution in [2.75, 3.05) is 25.1 Å². The molecule has 1 atom stereocenters. The van der Waals surface area contributed by atoms with Gasteiger partial charge in [0.25, 0.3) is 0 Å². The van der Waals surface area contributed by atoms with Gasteiger partial charge in [0.2, 0.25) is 21.8 Å². The lowest BCUT2D eigenvalue weighted by Gasteiger charge is -2.24. The Morgan fingerprint density at radius 2 is 1.76 bits per heavy atom. The summed E-state index contributed by atoms with van der Waals surface area (Å²) >= 11 is 0. The average Bonchev–Trinajstić information content (AvgIpc) is 3.58. The first-order valence-corrected chi connectivity index (χ1v) is 12.9. The second-order valence-electron chi connectivity index (χ2n) is 8.76. The monoisotopic (exact) mass is 485 g/mol. The van der Waals surface area contributed by atoms with Crippen LogP contribution >= 0.6 is 0 Å². The predicted molar refractivity (Wildman–Crippen MR) is 124 cm³/mol. The summed E-state index contributed by atoms with van der Waals surface area (Å²) in [5.74, 6) is 0.684. The molecule has 180 valence electrons. The molecule has 1 aliphatic carbocycles. The highest BCUT2D eigenvalue weighted by atomic mass is 32.2. The second-order valence-corrected chi connectivity index (χ2v) is 10.7. The quantitative estimate of drug-likeness (QED) is 0.622. The van der Waals surface area contributed by atoms with Gasteiger partial charge in [0, 0.05) is 30.8 Å². The van der Waals surface area contributed by atoms with Crippen LogP contribution in [-0.2, 0) is 26.2 Å². The number of ether oxygens (including phenoxy) is 2. The van der Waals surface area contributed by atoms with Gasteiger partial charge in [-0.3, -0.25) is 9.59 Å². The number of amides is 2. The summed E-state index contributed by atoms with van der Waals surface area (Å²) in [7, 11) is -3.88. The van der Waals surface area contributed by atoms with Crippen LogP contribution in [0.1, 0.15) is 31.2 Å². The standard InChI is InChI=1S/C24H27N3O6S/c28-23(17-6-7-17)26-18-4-1-3-16(13-18)15-25-24(29)20-5-2-10-27(20)34(30,31)19-8-9-21-22(14-19)33-12-11-32-21/h1,3-4,8-9,13-14,17,20H,2,5-7,10-12,15H2,(H,25,29)(H,26,28). The van der Waals surface area contributed by atoms with Crippen molar-refractivity contribution in [2.45, 2.75) is 43.2 Å². The van der Waals surface area contributed by atoms with E-state index >= 15 is 0 Å². The summed E-state index contributed by atoms with van der Waals surface area (Å²) in [5, 5.41) is 5.75. The van der Waals surface area contributed by atoms with Crippen molar-refractivity contribution in [2.24, 2.45) is 5.92 Å². The predicted octanol–water partition coefficient (Wildman–Crippen LogP) is 2.28.